The van der Waals surface area contributed by atoms with Gasteiger partial charge in [-0.25, -0.2) is 0 Å². The Hall–Kier alpha value is -2.97. The third-order valence-electron chi connectivity index (χ3n) is 2.84. The molecular formula is C9H15N9. The van der Waals surface area contributed by atoms with Crippen LogP contribution in [0.15, 0.2) is 5.10 Å². The van der Waals surface area contributed by atoms with Crippen LogP contribution in [0.4, 0.5) is 28.4 Å². The fraction of sp³-hybridized carbons (Fsp3) is 0. The summed E-state index contributed by atoms with van der Waals surface area (Å²) in [5.41, 5.74) is 36.7. The Balaban J connectivity index is 2.98. The van der Waals surface area contributed by atoms with Crippen LogP contribution in [0.25, 0.3) is 10.9 Å². The van der Waals surface area contributed by atoms with E-state index in [0.29, 0.717) is 16.6 Å². The Morgan fingerprint density at radius 2 is 1.39 bits per heavy atom. The Morgan fingerprint density at radius 1 is 0.833 bits per heavy atom. The monoisotopic (exact) mass is 249 g/mol. The van der Waals surface area contributed by atoms with Gasteiger partial charge in [0, 0.05) is 0 Å². The number of nitrogens with two attached hydrogens (primary N) is 7. The van der Waals surface area contributed by atoms with Gasteiger partial charge in [-0.15, -0.1) is 0 Å². The number of hydrogen-bond donors (Lipinski definition) is 8. The van der Waals surface area contributed by atoms with Crippen molar-refractivity contribution >= 4 is 45.2 Å². The van der Waals surface area contributed by atoms with Gasteiger partial charge in [-0.1, -0.05) is 0 Å². The summed E-state index contributed by atoms with van der Waals surface area (Å²) in [5, 5.41) is 3.82. The van der Waals surface area contributed by atoms with Gasteiger partial charge in [-0.2, -0.15) is 5.10 Å². The second-order valence-corrected chi connectivity index (χ2v) is 3.83. The number of nitrogens with zero attached hydrogens (tertiary/aromatic N) is 1. The first kappa shape index (κ1) is 11.5. The molecule has 0 saturated heterocycles. The molecule has 1 aromatic carbocycles. The molecule has 0 aliphatic carbocycles. The fourth-order valence-electron chi connectivity index (χ4n) is 1.82. The molecule has 9 heteroatoms. The second kappa shape index (κ2) is 3.52. The van der Waals surface area contributed by atoms with Crippen molar-refractivity contribution in [3.8, 4) is 0 Å². The lowest BCUT2D eigenvalue weighted by molar-refractivity contribution is 1.21. The predicted molar refractivity (Wildman–Crippen MR) is 75.3 cm³/mol. The van der Waals surface area contributed by atoms with E-state index in [-0.39, 0.29) is 34.3 Å². The first-order valence-corrected chi connectivity index (χ1v) is 4.96. The maximum atomic E-state index is 5.92. The number of fused-ring (bicyclic) bond motifs is 1. The number of nitrogen functional groups attached to an aromatic ring is 5. The van der Waals surface area contributed by atoms with E-state index >= 15 is 0 Å². The fourth-order valence-corrected chi connectivity index (χ4v) is 1.82. The topological polar surface area (TPSA) is 210 Å². The summed E-state index contributed by atoms with van der Waals surface area (Å²) in [6.07, 6.45) is 0. The summed E-state index contributed by atoms with van der Waals surface area (Å²) in [6.45, 7) is 0. The van der Waals surface area contributed by atoms with Gasteiger partial charge in [-0.3, -0.25) is 0 Å². The number of amidine groups is 1. The lowest BCUT2D eigenvalue weighted by Crippen LogP contribution is -2.17. The summed E-state index contributed by atoms with van der Waals surface area (Å²) in [7, 11) is 0. The van der Waals surface area contributed by atoms with Crippen LogP contribution in [0.3, 0.4) is 0 Å². The van der Waals surface area contributed by atoms with E-state index in [2.05, 4.69) is 10.1 Å². The largest absolute Gasteiger partial charge is 0.396 e. The highest BCUT2D eigenvalue weighted by Crippen LogP contribution is 2.41. The Labute approximate surface area is 102 Å². The van der Waals surface area contributed by atoms with E-state index < -0.39 is 0 Å². The molecule has 18 heavy (non-hydrogen) atoms. The number of anilines is 5. The molecule has 2 rings (SSSR count). The molecule has 0 atom stereocenters. The number of rotatable bonds is 1. The van der Waals surface area contributed by atoms with Crippen LogP contribution < -0.4 is 40.2 Å². The van der Waals surface area contributed by atoms with Gasteiger partial charge in [0.05, 0.1) is 39.3 Å². The number of benzene rings is 1. The molecule has 0 aliphatic heterocycles. The number of aromatic amines is 1. The lowest BCUT2D eigenvalue weighted by Gasteiger charge is -2.09. The van der Waals surface area contributed by atoms with Crippen molar-refractivity contribution in [3.63, 3.8) is 0 Å². The molecule has 0 bridgehead atoms. The summed E-state index contributed by atoms with van der Waals surface area (Å²) in [5.74, 6) is 5.13. The van der Waals surface area contributed by atoms with Crippen LogP contribution in [-0.2, 0) is 0 Å². The zero-order valence-electron chi connectivity index (χ0n) is 9.49. The molecular weight excluding hydrogens is 234 g/mol. The van der Waals surface area contributed by atoms with Crippen LogP contribution in [0.1, 0.15) is 5.69 Å². The van der Waals surface area contributed by atoms with Gasteiger partial charge in [0.15, 0.2) is 5.84 Å². The summed E-state index contributed by atoms with van der Waals surface area (Å²) in [4.78, 5) is 2.89. The van der Waals surface area contributed by atoms with Crippen molar-refractivity contribution in [2.75, 3.05) is 28.7 Å². The third-order valence-corrected chi connectivity index (χ3v) is 2.84. The zero-order chi connectivity index (χ0) is 13.6. The van der Waals surface area contributed by atoms with Crippen molar-refractivity contribution in [2.45, 2.75) is 0 Å². The molecule has 0 radical (unpaired) electrons. The van der Waals surface area contributed by atoms with Crippen molar-refractivity contribution in [3.05, 3.63) is 5.69 Å². The van der Waals surface area contributed by atoms with Gasteiger partial charge in [0.1, 0.15) is 5.69 Å². The normalized spacial score (nSPS) is 12.1. The average molecular weight is 249 g/mol. The van der Waals surface area contributed by atoms with Gasteiger partial charge in [-0.05, 0) is 0 Å². The maximum absolute atomic E-state index is 5.92. The quantitative estimate of drug-likeness (QED) is 0.0999. The van der Waals surface area contributed by atoms with Crippen LogP contribution in [0.2, 0.25) is 0 Å². The van der Waals surface area contributed by atoms with Crippen molar-refractivity contribution in [2.24, 2.45) is 16.7 Å². The zero-order valence-corrected chi connectivity index (χ0v) is 9.49. The van der Waals surface area contributed by atoms with E-state index in [4.69, 9.17) is 40.2 Å². The van der Waals surface area contributed by atoms with E-state index in [1.165, 1.54) is 0 Å². The van der Waals surface area contributed by atoms with E-state index in [9.17, 15) is 0 Å². The van der Waals surface area contributed by atoms with Crippen molar-refractivity contribution < 1.29 is 0 Å². The SMILES string of the molecule is NN=C(N)c1[nH]c2c(N)c(N)c(N)c(N)c2c1N. The first-order chi connectivity index (χ1) is 8.40. The molecule has 0 saturated carbocycles. The molecule has 0 unspecified atom stereocenters. The number of nitrogens with one attached hydrogen (secondary N) is 1. The average Bonchev–Trinajstić information content (AvgIpc) is 2.71. The Morgan fingerprint density at radius 3 is 1.94 bits per heavy atom. The molecule has 96 valence electrons. The number of hydrogen-bond acceptors (Lipinski definition) is 7. The molecule has 15 N–H and O–H groups in total. The van der Waals surface area contributed by atoms with Gasteiger partial charge in [0.2, 0.25) is 0 Å². The van der Waals surface area contributed by atoms with Gasteiger partial charge < -0.3 is 45.2 Å². The molecule has 0 aliphatic rings. The minimum Gasteiger partial charge on any atom is -0.396 e. The molecule has 2 aromatic rings. The molecule has 0 amide bonds. The highest BCUT2D eigenvalue weighted by Gasteiger charge is 2.20. The highest BCUT2D eigenvalue weighted by atomic mass is 15.2. The third kappa shape index (κ3) is 1.24. The van der Waals surface area contributed by atoms with E-state index in [0.717, 1.165) is 0 Å². The number of H-pyrrole nitrogens is 1. The second-order valence-electron chi connectivity index (χ2n) is 3.83. The van der Waals surface area contributed by atoms with Gasteiger partial charge >= 0.3 is 0 Å². The number of hydrazone groups is 1. The summed E-state index contributed by atoms with van der Waals surface area (Å²) >= 11 is 0. The molecule has 9 nitrogen and oxygen atoms in total. The Bertz CT molecular complexity index is 667. The van der Waals surface area contributed by atoms with Crippen molar-refractivity contribution in [1.82, 2.24) is 4.98 Å². The predicted octanol–water partition coefficient (Wildman–Crippen LogP) is -1.34. The number of aromatic nitrogens is 1. The molecule has 1 aromatic heterocycles. The van der Waals surface area contributed by atoms with Crippen LogP contribution in [0.5, 0.6) is 0 Å². The summed E-state index contributed by atoms with van der Waals surface area (Å²) in [6, 6.07) is 0. The van der Waals surface area contributed by atoms with Crippen LogP contribution in [0, 0.1) is 0 Å². The van der Waals surface area contributed by atoms with E-state index in [1.807, 2.05) is 0 Å². The molecule has 0 fully saturated rings. The lowest BCUT2D eigenvalue weighted by atomic mass is 10.1. The molecule has 0 spiro atoms. The Kier molecular flexibility index (Phi) is 2.25. The maximum Gasteiger partial charge on any atom is 0.168 e. The van der Waals surface area contributed by atoms with Crippen LogP contribution >= 0.6 is 0 Å². The highest BCUT2D eigenvalue weighted by molar-refractivity contribution is 6.19. The molecule has 1 heterocycles. The smallest absolute Gasteiger partial charge is 0.168 e. The van der Waals surface area contributed by atoms with Crippen molar-refractivity contribution in [1.29, 1.82) is 0 Å². The first-order valence-electron chi connectivity index (χ1n) is 4.96. The van der Waals surface area contributed by atoms with Crippen LogP contribution in [-0.4, -0.2) is 10.8 Å². The minimum absolute atomic E-state index is 0.0274. The summed E-state index contributed by atoms with van der Waals surface area (Å²) < 4.78 is 0. The standard InChI is InChI=1S/C9H15N9/c10-2-1-3(11)8(9(15)18-16)17-7(1)6(14)5(13)4(2)12/h17H,10-14,16H2,(H2,15,18). The van der Waals surface area contributed by atoms with E-state index in [1.54, 1.807) is 0 Å². The van der Waals surface area contributed by atoms with Gasteiger partial charge in [0.25, 0.3) is 0 Å². The minimum atomic E-state index is 0.0274.